The summed E-state index contributed by atoms with van der Waals surface area (Å²) in [6.07, 6.45) is 0. The van der Waals surface area contributed by atoms with Crippen molar-refractivity contribution in [1.29, 1.82) is 0 Å². The van der Waals surface area contributed by atoms with Crippen molar-refractivity contribution in [3.63, 3.8) is 0 Å². The standard InChI is InChI=1S/C17H27N3O6S2/c1-15(14-19-6-10-25-11-7-19)18-27(21,22)16-2-4-17(5-3-16)28(23,24)20-8-12-26-13-9-20/h2-5,15,18H,6-14H2,1H3. The van der Waals surface area contributed by atoms with Crippen molar-refractivity contribution >= 4 is 20.0 Å². The molecular formula is C17H27N3O6S2. The average molecular weight is 434 g/mol. The number of sulfonamides is 2. The predicted octanol–water partition coefficient (Wildman–Crippen LogP) is -0.293. The summed E-state index contributed by atoms with van der Waals surface area (Å²) in [4.78, 5) is 2.27. The van der Waals surface area contributed by atoms with Crippen LogP contribution in [0.25, 0.3) is 0 Å². The Balaban J connectivity index is 1.65. The highest BCUT2D eigenvalue weighted by molar-refractivity contribution is 7.89. The van der Waals surface area contributed by atoms with Crippen LogP contribution in [0.1, 0.15) is 6.92 Å². The van der Waals surface area contributed by atoms with Crippen LogP contribution in [0.5, 0.6) is 0 Å². The number of ether oxygens (including phenoxy) is 2. The molecule has 1 unspecified atom stereocenters. The van der Waals surface area contributed by atoms with E-state index >= 15 is 0 Å². The van der Waals surface area contributed by atoms with Crippen LogP contribution in [0.2, 0.25) is 0 Å². The van der Waals surface area contributed by atoms with E-state index in [1.165, 1.54) is 28.6 Å². The molecule has 28 heavy (non-hydrogen) atoms. The Bertz CT molecular complexity index is 845. The Morgan fingerprint density at radius 3 is 1.96 bits per heavy atom. The van der Waals surface area contributed by atoms with Gasteiger partial charge in [-0.3, -0.25) is 4.90 Å². The molecule has 2 aliphatic rings. The molecule has 0 aromatic heterocycles. The first-order valence-corrected chi connectivity index (χ1v) is 12.2. The molecule has 2 aliphatic heterocycles. The Labute approximate surface area is 166 Å². The largest absolute Gasteiger partial charge is 0.379 e. The first-order chi connectivity index (χ1) is 13.3. The predicted molar refractivity (Wildman–Crippen MR) is 103 cm³/mol. The number of hydrogen-bond donors (Lipinski definition) is 1. The zero-order valence-electron chi connectivity index (χ0n) is 15.9. The van der Waals surface area contributed by atoms with Crippen LogP contribution in [0.4, 0.5) is 0 Å². The molecular weight excluding hydrogens is 406 g/mol. The molecule has 0 saturated carbocycles. The van der Waals surface area contributed by atoms with Crippen LogP contribution in [0.3, 0.4) is 0 Å². The van der Waals surface area contributed by atoms with Crippen LogP contribution < -0.4 is 4.72 Å². The third-order valence-electron chi connectivity index (χ3n) is 4.73. The highest BCUT2D eigenvalue weighted by Gasteiger charge is 2.27. The summed E-state index contributed by atoms with van der Waals surface area (Å²) in [5, 5.41) is 0. The molecule has 1 aromatic rings. The Morgan fingerprint density at radius 2 is 1.39 bits per heavy atom. The fourth-order valence-corrected chi connectivity index (χ4v) is 5.91. The molecule has 158 valence electrons. The molecule has 0 radical (unpaired) electrons. The van der Waals surface area contributed by atoms with Gasteiger partial charge in [-0.05, 0) is 31.2 Å². The van der Waals surface area contributed by atoms with E-state index in [9.17, 15) is 16.8 Å². The van der Waals surface area contributed by atoms with E-state index in [0.29, 0.717) is 46.1 Å². The van der Waals surface area contributed by atoms with Gasteiger partial charge in [0.25, 0.3) is 0 Å². The minimum Gasteiger partial charge on any atom is -0.379 e. The Kier molecular flexibility index (Phi) is 7.07. The van der Waals surface area contributed by atoms with E-state index < -0.39 is 20.0 Å². The number of rotatable bonds is 7. The van der Waals surface area contributed by atoms with Crippen LogP contribution in [-0.4, -0.2) is 91.2 Å². The van der Waals surface area contributed by atoms with Gasteiger partial charge in [0.05, 0.1) is 36.2 Å². The lowest BCUT2D eigenvalue weighted by Crippen LogP contribution is -2.45. The topological polar surface area (TPSA) is 105 Å². The number of benzene rings is 1. The third kappa shape index (κ3) is 5.29. The summed E-state index contributed by atoms with van der Waals surface area (Å²) in [5.74, 6) is 0. The van der Waals surface area contributed by atoms with Gasteiger partial charge < -0.3 is 9.47 Å². The molecule has 3 rings (SSSR count). The van der Waals surface area contributed by atoms with Crippen LogP contribution in [-0.2, 0) is 29.5 Å². The maximum Gasteiger partial charge on any atom is 0.243 e. The third-order valence-corrected chi connectivity index (χ3v) is 8.25. The molecule has 0 aliphatic carbocycles. The summed E-state index contributed by atoms with van der Waals surface area (Å²) in [6.45, 7) is 6.56. The number of nitrogens with one attached hydrogen (secondary N) is 1. The summed E-state index contributed by atoms with van der Waals surface area (Å²) >= 11 is 0. The Hall–Kier alpha value is -1.08. The number of morpholine rings is 2. The SMILES string of the molecule is CC(CN1CCOCC1)NS(=O)(=O)c1ccc(S(=O)(=O)N2CCOCC2)cc1. The van der Waals surface area contributed by atoms with Crippen LogP contribution >= 0.6 is 0 Å². The highest BCUT2D eigenvalue weighted by atomic mass is 32.2. The molecule has 1 N–H and O–H groups in total. The van der Waals surface area contributed by atoms with Gasteiger partial charge in [0.2, 0.25) is 20.0 Å². The van der Waals surface area contributed by atoms with E-state index in [1.807, 2.05) is 6.92 Å². The maximum atomic E-state index is 12.6. The quantitative estimate of drug-likeness (QED) is 0.630. The highest BCUT2D eigenvalue weighted by Crippen LogP contribution is 2.19. The van der Waals surface area contributed by atoms with E-state index in [1.54, 1.807) is 0 Å². The van der Waals surface area contributed by atoms with Crippen molar-refractivity contribution in [2.24, 2.45) is 0 Å². The van der Waals surface area contributed by atoms with E-state index in [2.05, 4.69) is 9.62 Å². The van der Waals surface area contributed by atoms with Crippen molar-refractivity contribution in [1.82, 2.24) is 13.9 Å². The lowest BCUT2D eigenvalue weighted by Gasteiger charge is -2.29. The first kappa shape index (κ1) is 21.6. The van der Waals surface area contributed by atoms with Gasteiger partial charge in [-0.15, -0.1) is 0 Å². The fraction of sp³-hybridized carbons (Fsp3) is 0.647. The van der Waals surface area contributed by atoms with Gasteiger partial charge in [-0.1, -0.05) is 0 Å². The average Bonchev–Trinajstić information content (AvgIpc) is 2.69. The Morgan fingerprint density at radius 1 is 0.893 bits per heavy atom. The molecule has 1 aromatic carbocycles. The normalized spacial score (nSPS) is 21.5. The molecule has 2 heterocycles. The zero-order chi connectivity index (χ0) is 20.2. The van der Waals surface area contributed by atoms with Gasteiger partial charge in [-0.2, -0.15) is 4.31 Å². The minimum absolute atomic E-state index is 0.0438. The molecule has 1 atom stereocenters. The number of hydrogen-bond acceptors (Lipinski definition) is 7. The summed E-state index contributed by atoms with van der Waals surface area (Å²) < 4.78 is 65.0. The fourth-order valence-electron chi connectivity index (χ4n) is 3.27. The van der Waals surface area contributed by atoms with Crippen molar-refractivity contribution in [2.45, 2.75) is 22.8 Å². The van der Waals surface area contributed by atoms with Crippen LogP contribution in [0.15, 0.2) is 34.1 Å². The van der Waals surface area contributed by atoms with Gasteiger partial charge >= 0.3 is 0 Å². The zero-order valence-corrected chi connectivity index (χ0v) is 17.5. The van der Waals surface area contributed by atoms with Crippen molar-refractivity contribution in [3.05, 3.63) is 24.3 Å². The minimum atomic E-state index is -3.73. The molecule has 0 spiro atoms. The summed E-state index contributed by atoms with van der Waals surface area (Å²) in [5.41, 5.74) is 0. The molecule has 0 bridgehead atoms. The number of nitrogens with zero attached hydrogens (tertiary/aromatic N) is 2. The second kappa shape index (κ2) is 9.16. The van der Waals surface area contributed by atoms with E-state index in [0.717, 1.165) is 13.1 Å². The van der Waals surface area contributed by atoms with Gasteiger partial charge in [0.1, 0.15) is 0 Å². The van der Waals surface area contributed by atoms with Gasteiger partial charge in [-0.25, -0.2) is 21.6 Å². The van der Waals surface area contributed by atoms with Crippen molar-refractivity contribution in [3.8, 4) is 0 Å². The summed E-state index contributed by atoms with van der Waals surface area (Å²) in [6, 6.07) is 5.06. The molecule has 9 nitrogen and oxygen atoms in total. The molecule has 2 saturated heterocycles. The second-order valence-corrected chi connectivity index (χ2v) is 10.6. The first-order valence-electron chi connectivity index (χ1n) is 9.29. The second-order valence-electron chi connectivity index (χ2n) is 6.92. The van der Waals surface area contributed by atoms with Crippen LogP contribution in [0, 0.1) is 0 Å². The lowest BCUT2D eigenvalue weighted by molar-refractivity contribution is 0.0354. The smallest absolute Gasteiger partial charge is 0.243 e. The van der Waals surface area contributed by atoms with Crippen molar-refractivity contribution < 1.29 is 26.3 Å². The van der Waals surface area contributed by atoms with E-state index in [-0.39, 0.29) is 15.8 Å². The van der Waals surface area contributed by atoms with Crippen molar-refractivity contribution in [2.75, 3.05) is 59.2 Å². The molecule has 0 amide bonds. The monoisotopic (exact) mass is 433 g/mol. The summed E-state index contributed by atoms with van der Waals surface area (Å²) in [7, 11) is -7.38. The van der Waals surface area contributed by atoms with Gasteiger partial charge in [0.15, 0.2) is 0 Å². The molecule has 11 heteroatoms. The lowest BCUT2D eigenvalue weighted by atomic mass is 10.3. The maximum absolute atomic E-state index is 12.6. The molecule has 2 fully saturated rings. The van der Waals surface area contributed by atoms with E-state index in [4.69, 9.17) is 9.47 Å². The van der Waals surface area contributed by atoms with Gasteiger partial charge in [0, 0.05) is 38.8 Å².